The average molecular weight is 533 g/mol. The maximum atomic E-state index is 2.64. The lowest BCUT2D eigenvalue weighted by atomic mass is 9.58. The quantitative estimate of drug-likeness (QED) is 0.361. The van der Waals surface area contributed by atoms with E-state index < -0.39 is 0 Å². The van der Waals surface area contributed by atoms with Crippen LogP contribution in [0.25, 0.3) is 0 Å². The van der Waals surface area contributed by atoms with E-state index in [9.17, 15) is 0 Å². The van der Waals surface area contributed by atoms with Crippen LogP contribution in [-0.2, 0) is 37.9 Å². The Balaban J connectivity index is 3.43. The molecule has 0 saturated carbocycles. The van der Waals surface area contributed by atoms with Crippen molar-refractivity contribution in [3.05, 3.63) is 68.8 Å². The van der Waals surface area contributed by atoms with Crippen LogP contribution in [0.5, 0.6) is 0 Å². The van der Waals surface area contributed by atoms with Crippen molar-refractivity contribution in [3.8, 4) is 0 Å². The number of rotatable bonds is 2. The molecule has 0 fully saturated rings. The normalized spacial score (nSPS) is 14.7. The Bertz CT molecular complexity index is 1160. The minimum absolute atomic E-state index is 0.00766. The maximum absolute atomic E-state index is 2.64. The molecule has 220 valence electrons. The van der Waals surface area contributed by atoms with Crippen LogP contribution in [0.1, 0.15) is 183 Å². The van der Waals surface area contributed by atoms with Crippen molar-refractivity contribution in [1.29, 1.82) is 0 Å². The fraction of sp³-hybridized carbons (Fsp3) is 0.692. The summed E-state index contributed by atoms with van der Waals surface area (Å²) < 4.78 is 0. The fourth-order valence-electron chi connectivity index (χ4n) is 6.69. The van der Waals surface area contributed by atoms with Gasteiger partial charge < -0.3 is 0 Å². The standard InChI is InChI=1S/C39H64/c1-33(2,3)25-22-21-23-26(34(4,5)6)29(25)39(19,20)28-24-27(35(7,8)9)30(36(10,11)12)32(38(16,17)18)31(28)37(13,14)15/h21-24H,1-20H3. The molecular formula is C39H64. The van der Waals surface area contributed by atoms with Crippen molar-refractivity contribution >= 4 is 0 Å². The van der Waals surface area contributed by atoms with Crippen LogP contribution in [0.2, 0.25) is 0 Å². The van der Waals surface area contributed by atoms with Crippen LogP contribution in [0.4, 0.5) is 0 Å². The molecule has 0 nitrogen and oxygen atoms in total. The largest absolute Gasteiger partial charge is 0.0617 e. The van der Waals surface area contributed by atoms with Crippen molar-refractivity contribution in [2.45, 2.75) is 176 Å². The molecule has 0 heterocycles. The highest BCUT2D eigenvalue weighted by Crippen LogP contribution is 2.52. The third-order valence-electron chi connectivity index (χ3n) is 8.36. The molecule has 0 N–H and O–H groups in total. The summed E-state index contributed by atoms with van der Waals surface area (Å²) in [5.41, 5.74) is 12.1. The summed E-state index contributed by atoms with van der Waals surface area (Å²) in [7, 11) is 0. The first-order chi connectivity index (χ1) is 16.9. The van der Waals surface area contributed by atoms with Crippen LogP contribution >= 0.6 is 0 Å². The Labute approximate surface area is 244 Å². The second kappa shape index (κ2) is 9.77. The molecule has 0 saturated heterocycles. The van der Waals surface area contributed by atoms with Crippen LogP contribution in [0.15, 0.2) is 24.3 Å². The average Bonchev–Trinajstić information content (AvgIpc) is 2.67. The Morgan fingerprint density at radius 1 is 0.308 bits per heavy atom. The zero-order valence-corrected chi connectivity index (χ0v) is 29.8. The highest BCUT2D eigenvalue weighted by molar-refractivity contribution is 5.62. The monoisotopic (exact) mass is 533 g/mol. The van der Waals surface area contributed by atoms with Crippen molar-refractivity contribution in [2.24, 2.45) is 0 Å². The van der Waals surface area contributed by atoms with E-state index in [4.69, 9.17) is 0 Å². The molecule has 2 rings (SSSR count). The van der Waals surface area contributed by atoms with Gasteiger partial charge in [-0.05, 0) is 77.0 Å². The maximum Gasteiger partial charge on any atom is 0.0155 e. The highest BCUT2D eigenvalue weighted by Gasteiger charge is 2.43. The third-order valence-corrected chi connectivity index (χ3v) is 8.36. The number of hydrogen-bond acceptors (Lipinski definition) is 0. The first kappa shape index (κ1) is 33.6. The molecule has 0 amide bonds. The van der Waals surface area contributed by atoms with Gasteiger partial charge in [0.2, 0.25) is 0 Å². The van der Waals surface area contributed by atoms with E-state index in [0.29, 0.717) is 0 Å². The van der Waals surface area contributed by atoms with E-state index in [-0.39, 0.29) is 37.9 Å². The van der Waals surface area contributed by atoms with E-state index in [1.54, 1.807) is 16.7 Å². The highest BCUT2D eigenvalue weighted by atomic mass is 14.5. The first-order valence-corrected chi connectivity index (χ1v) is 15.3. The van der Waals surface area contributed by atoms with Gasteiger partial charge in [0.15, 0.2) is 0 Å². The Morgan fingerprint density at radius 3 is 0.897 bits per heavy atom. The Hall–Kier alpha value is -1.56. The molecule has 2 aromatic rings. The second-order valence-corrected chi connectivity index (χ2v) is 18.9. The van der Waals surface area contributed by atoms with Gasteiger partial charge in [-0.25, -0.2) is 0 Å². The molecule has 0 aliphatic rings. The zero-order valence-electron chi connectivity index (χ0n) is 29.8. The summed E-state index contributed by atoms with van der Waals surface area (Å²) in [4.78, 5) is 0. The molecule has 0 aliphatic carbocycles. The van der Waals surface area contributed by atoms with Crippen molar-refractivity contribution in [2.75, 3.05) is 0 Å². The summed E-state index contributed by atoms with van der Waals surface area (Å²) >= 11 is 0. The minimum atomic E-state index is -0.189. The second-order valence-electron chi connectivity index (χ2n) is 18.9. The predicted octanol–water partition coefficient (Wildman–Crippen LogP) is 11.8. The predicted molar refractivity (Wildman–Crippen MR) is 177 cm³/mol. The Morgan fingerprint density at radius 2 is 0.615 bits per heavy atom. The van der Waals surface area contributed by atoms with Gasteiger partial charge in [0.05, 0.1) is 0 Å². The van der Waals surface area contributed by atoms with Gasteiger partial charge in [-0.2, -0.15) is 0 Å². The molecule has 0 aromatic heterocycles. The van der Waals surface area contributed by atoms with E-state index in [2.05, 4.69) is 163 Å². The lowest BCUT2D eigenvalue weighted by Crippen LogP contribution is -2.38. The summed E-state index contributed by atoms with van der Waals surface area (Å²) in [6.07, 6.45) is 0. The summed E-state index contributed by atoms with van der Waals surface area (Å²) in [6.45, 7) is 48.3. The minimum Gasteiger partial charge on any atom is -0.0617 e. The molecule has 0 radical (unpaired) electrons. The fourth-order valence-corrected chi connectivity index (χ4v) is 6.69. The SMILES string of the molecule is CC(C)(C)c1cc(C(C)(C)c2c(C(C)(C)C)cccc2C(C)(C)C)c(C(C)(C)C)c(C(C)(C)C)c1C(C)(C)C. The van der Waals surface area contributed by atoms with Gasteiger partial charge in [-0.3, -0.25) is 0 Å². The van der Waals surface area contributed by atoms with Crippen LogP contribution in [0.3, 0.4) is 0 Å². The van der Waals surface area contributed by atoms with Crippen LogP contribution in [-0.4, -0.2) is 0 Å². The summed E-state index contributed by atoms with van der Waals surface area (Å²) in [6, 6.07) is 9.71. The van der Waals surface area contributed by atoms with E-state index in [1.165, 1.54) is 27.8 Å². The first-order valence-electron chi connectivity index (χ1n) is 15.3. The van der Waals surface area contributed by atoms with E-state index >= 15 is 0 Å². The Kier molecular flexibility index (Phi) is 8.43. The van der Waals surface area contributed by atoms with E-state index in [0.717, 1.165) is 0 Å². The molecule has 0 aliphatic heterocycles. The molecule has 2 aromatic carbocycles. The van der Waals surface area contributed by atoms with Crippen molar-refractivity contribution in [3.63, 3.8) is 0 Å². The lowest BCUT2D eigenvalue weighted by Gasteiger charge is -2.46. The summed E-state index contributed by atoms with van der Waals surface area (Å²) in [5.74, 6) is 0. The summed E-state index contributed by atoms with van der Waals surface area (Å²) in [5, 5.41) is 0. The molecule has 0 atom stereocenters. The van der Waals surface area contributed by atoms with Gasteiger partial charge in [0.25, 0.3) is 0 Å². The molecule has 0 spiro atoms. The molecular weight excluding hydrogens is 468 g/mol. The molecule has 0 bridgehead atoms. The number of hydrogen-bond donors (Lipinski definition) is 0. The van der Waals surface area contributed by atoms with Crippen molar-refractivity contribution < 1.29 is 0 Å². The molecule has 0 unspecified atom stereocenters. The van der Waals surface area contributed by atoms with Gasteiger partial charge in [0, 0.05) is 5.41 Å². The zero-order chi connectivity index (χ0) is 30.9. The number of benzene rings is 2. The van der Waals surface area contributed by atoms with Gasteiger partial charge >= 0.3 is 0 Å². The topological polar surface area (TPSA) is 0 Å². The smallest absolute Gasteiger partial charge is 0.0155 e. The molecule has 0 heteroatoms. The van der Waals surface area contributed by atoms with Gasteiger partial charge in [0.1, 0.15) is 0 Å². The third kappa shape index (κ3) is 6.68. The van der Waals surface area contributed by atoms with Crippen LogP contribution < -0.4 is 0 Å². The van der Waals surface area contributed by atoms with Crippen LogP contribution in [0, 0.1) is 0 Å². The van der Waals surface area contributed by atoms with E-state index in [1.807, 2.05) is 0 Å². The van der Waals surface area contributed by atoms with Crippen molar-refractivity contribution in [1.82, 2.24) is 0 Å². The lowest BCUT2D eigenvalue weighted by molar-refractivity contribution is 0.459. The van der Waals surface area contributed by atoms with Gasteiger partial charge in [-0.15, -0.1) is 0 Å². The molecule has 39 heavy (non-hydrogen) atoms. The van der Waals surface area contributed by atoms with Gasteiger partial charge in [-0.1, -0.05) is 163 Å².